The first-order chi connectivity index (χ1) is 8.60. The predicted molar refractivity (Wildman–Crippen MR) is 77.6 cm³/mol. The Labute approximate surface area is 121 Å². The maximum Gasteiger partial charge on any atom is 0.223 e. The zero-order chi connectivity index (χ0) is 13.1. The quantitative estimate of drug-likeness (QED) is 0.808. The Hall–Kier alpha value is -0.540. The molecule has 1 amide bonds. The largest absolute Gasteiger partial charge is 0.338 e. The van der Waals surface area contributed by atoms with Gasteiger partial charge >= 0.3 is 0 Å². The van der Waals surface area contributed by atoms with E-state index in [9.17, 15) is 4.79 Å². The van der Waals surface area contributed by atoms with E-state index in [4.69, 9.17) is 11.6 Å². The minimum absolute atomic E-state index is 0.257. The molecule has 2 nitrogen and oxygen atoms in total. The third kappa shape index (κ3) is 3.27. The van der Waals surface area contributed by atoms with Crippen LogP contribution in [0.25, 0.3) is 0 Å². The Morgan fingerprint density at radius 3 is 2.94 bits per heavy atom. The SMILES string of the molecule is CCCC1CC(=O)N(Cc2ccc(Br)cc2Cl)C1. The number of halogens is 2. The summed E-state index contributed by atoms with van der Waals surface area (Å²) in [6.07, 6.45) is 2.98. The Kier molecular flexibility index (Phi) is 4.68. The first-order valence-corrected chi connectivity index (χ1v) is 7.49. The molecule has 1 fully saturated rings. The number of nitrogens with zero attached hydrogens (tertiary/aromatic N) is 1. The average molecular weight is 331 g/mol. The molecule has 0 aliphatic carbocycles. The molecular formula is C14H17BrClNO. The fraction of sp³-hybridized carbons (Fsp3) is 0.500. The zero-order valence-corrected chi connectivity index (χ0v) is 12.8. The van der Waals surface area contributed by atoms with Crippen LogP contribution >= 0.6 is 27.5 Å². The molecule has 0 N–H and O–H groups in total. The van der Waals surface area contributed by atoms with E-state index in [-0.39, 0.29) is 5.91 Å². The molecule has 4 heteroatoms. The second-order valence-electron chi connectivity index (χ2n) is 4.87. The number of carbonyl (C=O) groups excluding carboxylic acids is 1. The number of hydrogen-bond donors (Lipinski definition) is 0. The first-order valence-electron chi connectivity index (χ1n) is 6.32. The van der Waals surface area contributed by atoms with E-state index < -0.39 is 0 Å². The van der Waals surface area contributed by atoms with Gasteiger partial charge in [0, 0.05) is 29.0 Å². The van der Waals surface area contributed by atoms with Gasteiger partial charge in [0.05, 0.1) is 0 Å². The van der Waals surface area contributed by atoms with Crippen LogP contribution in [0.15, 0.2) is 22.7 Å². The second kappa shape index (κ2) is 6.07. The Balaban J connectivity index is 2.03. The maximum atomic E-state index is 11.9. The van der Waals surface area contributed by atoms with Crippen molar-refractivity contribution in [2.45, 2.75) is 32.7 Å². The van der Waals surface area contributed by atoms with Crippen molar-refractivity contribution in [2.75, 3.05) is 6.54 Å². The number of likely N-dealkylation sites (tertiary alicyclic amines) is 1. The lowest BCUT2D eigenvalue weighted by Gasteiger charge is -2.17. The molecule has 1 saturated heterocycles. The van der Waals surface area contributed by atoms with Gasteiger partial charge in [-0.2, -0.15) is 0 Å². The molecule has 2 rings (SSSR count). The van der Waals surface area contributed by atoms with Crippen molar-refractivity contribution in [3.8, 4) is 0 Å². The molecule has 0 saturated carbocycles. The van der Waals surface area contributed by atoms with Gasteiger partial charge in [-0.1, -0.05) is 46.9 Å². The van der Waals surface area contributed by atoms with Crippen LogP contribution in [-0.4, -0.2) is 17.4 Å². The highest BCUT2D eigenvalue weighted by Crippen LogP contribution is 2.27. The summed E-state index contributed by atoms with van der Waals surface area (Å²) in [6.45, 7) is 3.67. The third-order valence-electron chi connectivity index (χ3n) is 3.37. The third-order valence-corrected chi connectivity index (χ3v) is 4.21. The summed E-state index contributed by atoms with van der Waals surface area (Å²) >= 11 is 9.57. The number of carbonyl (C=O) groups is 1. The van der Waals surface area contributed by atoms with Crippen molar-refractivity contribution in [1.29, 1.82) is 0 Å². The second-order valence-corrected chi connectivity index (χ2v) is 6.19. The predicted octanol–water partition coefficient (Wildman–Crippen LogP) is 4.25. The fourth-order valence-electron chi connectivity index (χ4n) is 2.46. The number of rotatable bonds is 4. The Morgan fingerprint density at radius 2 is 2.28 bits per heavy atom. The highest BCUT2D eigenvalue weighted by Gasteiger charge is 2.28. The summed E-state index contributed by atoms with van der Waals surface area (Å²) < 4.78 is 0.966. The minimum Gasteiger partial charge on any atom is -0.338 e. The first kappa shape index (κ1) is 13.9. The topological polar surface area (TPSA) is 20.3 Å². The van der Waals surface area contributed by atoms with Crippen LogP contribution in [0.1, 0.15) is 31.7 Å². The molecule has 1 heterocycles. The number of hydrogen-bond acceptors (Lipinski definition) is 1. The monoisotopic (exact) mass is 329 g/mol. The van der Waals surface area contributed by atoms with Gasteiger partial charge in [0.25, 0.3) is 0 Å². The van der Waals surface area contributed by atoms with E-state index in [0.29, 0.717) is 18.9 Å². The van der Waals surface area contributed by atoms with E-state index in [2.05, 4.69) is 22.9 Å². The molecule has 18 heavy (non-hydrogen) atoms. The van der Waals surface area contributed by atoms with Gasteiger partial charge in [0.1, 0.15) is 0 Å². The lowest BCUT2D eigenvalue weighted by atomic mass is 10.0. The molecule has 0 radical (unpaired) electrons. The van der Waals surface area contributed by atoms with Crippen molar-refractivity contribution < 1.29 is 4.79 Å². The maximum absolute atomic E-state index is 11.9. The lowest BCUT2D eigenvalue weighted by molar-refractivity contribution is -0.128. The van der Waals surface area contributed by atoms with Gasteiger partial charge in [0.2, 0.25) is 5.91 Å². The highest BCUT2D eigenvalue weighted by atomic mass is 79.9. The van der Waals surface area contributed by atoms with E-state index in [1.54, 1.807) is 0 Å². The summed E-state index contributed by atoms with van der Waals surface area (Å²) in [5.74, 6) is 0.782. The van der Waals surface area contributed by atoms with Crippen molar-refractivity contribution in [2.24, 2.45) is 5.92 Å². The van der Waals surface area contributed by atoms with Crippen molar-refractivity contribution >= 4 is 33.4 Å². The molecule has 1 unspecified atom stereocenters. The summed E-state index contributed by atoms with van der Waals surface area (Å²) in [5, 5.41) is 0.719. The van der Waals surface area contributed by atoms with Crippen molar-refractivity contribution in [3.05, 3.63) is 33.3 Å². The van der Waals surface area contributed by atoms with Gasteiger partial charge in [-0.3, -0.25) is 4.79 Å². The summed E-state index contributed by atoms with van der Waals surface area (Å²) in [7, 11) is 0. The van der Waals surface area contributed by atoms with Gasteiger partial charge < -0.3 is 4.90 Å². The van der Waals surface area contributed by atoms with Crippen molar-refractivity contribution in [1.82, 2.24) is 4.90 Å². The molecule has 1 aromatic rings. The zero-order valence-electron chi connectivity index (χ0n) is 10.5. The molecule has 98 valence electrons. The van der Waals surface area contributed by atoms with Crippen LogP contribution in [-0.2, 0) is 11.3 Å². The molecule has 1 aliphatic heterocycles. The molecule has 1 aliphatic rings. The molecule has 0 aromatic heterocycles. The standard InChI is InChI=1S/C14H17BrClNO/c1-2-3-10-6-14(18)17(8-10)9-11-4-5-12(15)7-13(11)16/h4-5,7,10H,2-3,6,8-9H2,1H3. The van der Waals surface area contributed by atoms with E-state index >= 15 is 0 Å². The van der Waals surface area contributed by atoms with Crippen LogP contribution in [0, 0.1) is 5.92 Å². The van der Waals surface area contributed by atoms with E-state index in [1.165, 1.54) is 0 Å². The number of amides is 1. The van der Waals surface area contributed by atoms with E-state index in [0.717, 1.165) is 34.4 Å². The summed E-state index contributed by atoms with van der Waals surface area (Å²) in [4.78, 5) is 13.8. The molecule has 0 bridgehead atoms. The minimum atomic E-state index is 0.257. The smallest absolute Gasteiger partial charge is 0.223 e. The van der Waals surface area contributed by atoms with Crippen molar-refractivity contribution in [3.63, 3.8) is 0 Å². The Morgan fingerprint density at radius 1 is 1.50 bits per heavy atom. The average Bonchev–Trinajstić information content (AvgIpc) is 2.64. The molecule has 1 atom stereocenters. The normalized spacial score (nSPS) is 19.6. The number of benzene rings is 1. The van der Waals surface area contributed by atoms with Crippen LogP contribution in [0.3, 0.4) is 0 Å². The molecule has 1 aromatic carbocycles. The lowest BCUT2D eigenvalue weighted by Crippen LogP contribution is -2.24. The van der Waals surface area contributed by atoms with Crippen LogP contribution in [0.2, 0.25) is 5.02 Å². The van der Waals surface area contributed by atoms with Gasteiger partial charge in [-0.15, -0.1) is 0 Å². The summed E-state index contributed by atoms with van der Waals surface area (Å²) in [5.41, 5.74) is 1.02. The highest BCUT2D eigenvalue weighted by molar-refractivity contribution is 9.10. The van der Waals surface area contributed by atoms with Gasteiger partial charge in [0.15, 0.2) is 0 Å². The summed E-state index contributed by atoms with van der Waals surface area (Å²) in [6, 6.07) is 5.82. The van der Waals surface area contributed by atoms with Crippen LogP contribution in [0.5, 0.6) is 0 Å². The van der Waals surface area contributed by atoms with Crippen LogP contribution < -0.4 is 0 Å². The Bertz CT molecular complexity index is 449. The van der Waals surface area contributed by atoms with Gasteiger partial charge in [-0.25, -0.2) is 0 Å². The molecule has 0 spiro atoms. The van der Waals surface area contributed by atoms with Crippen LogP contribution in [0.4, 0.5) is 0 Å². The fourth-order valence-corrected chi connectivity index (χ4v) is 3.20. The van der Waals surface area contributed by atoms with E-state index in [1.807, 2.05) is 23.1 Å². The molecular weight excluding hydrogens is 314 g/mol. The van der Waals surface area contributed by atoms with Gasteiger partial charge in [-0.05, 0) is 30.0 Å².